The number of nitrogens with one attached hydrogen (secondary N) is 1. The van der Waals surface area contributed by atoms with E-state index in [0.29, 0.717) is 32.1 Å². The number of benzene rings is 2. The van der Waals surface area contributed by atoms with Gasteiger partial charge in [0.05, 0.1) is 48.8 Å². The van der Waals surface area contributed by atoms with Crippen molar-refractivity contribution in [3.63, 3.8) is 0 Å². The minimum Gasteiger partial charge on any atom is -0.496 e. The number of fused-ring (bicyclic) bond motifs is 3. The molecule has 9 heteroatoms. The van der Waals surface area contributed by atoms with Gasteiger partial charge in [-0.25, -0.2) is 4.79 Å². The van der Waals surface area contributed by atoms with Crippen LogP contribution in [0, 0.1) is 5.92 Å². The maximum atomic E-state index is 13.4. The summed E-state index contributed by atoms with van der Waals surface area (Å²) in [7, 11) is 1.61. The van der Waals surface area contributed by atoms with Crippen LogP contribution in [0.2, 0.25) is 0 Å². The molecule has 2 aromatic carbocycles. The zero-order chi connectivity index (χ0) is 22.9. The van der Waals surface area contributed by atoms with Crippen LogP contribution in [0.4, 0.5) is 10.5 Å². The van der Waals surface area contributed by atoms with Crippen LogP contribution in [0.15, 0.2) is 51.9 Å². The highest BCUT2D eigenvalue weighted by Crippen LogP contribution is 2.39. The number of methoxy groups -OCH3 is 1. The highest BCUT2D eigenvalue weighted by Gasteiger charge is 2.41. The number of ether oxygens (including phenoxy) is 2. The number of urea groups is 1. The summed E-state index contributed by atoms with van der Waals surface area (Å²) in [6.45, 7) is 3.55. The number of hydrogen-bond acceptors (Lipinski definition) is 5. The van der Waals surface area contributed by atoms with Gasteiger partial charge in [0.2, 0.25) is 5.91 Å². The topological polar surface area (TPSA) is 83.5 Å². The number of halogens is 1. The highest BCUT2D eigenvalue weighted by atomic mass is 79.9. The summed E-state index contributed by atoms with van der Waals surface area (Å²) in [5.41, 5.74) is 3.28. The predicted octanol–water partition coefficient (Wildman–Crippen LogP) is 3.01. The van der Waals surface area contributed by atoms with Gasteiger partial charge in [0, 0.05) is 31.1 Å². The molecular formula is C24H25BrN4O4. The Kier molecular flexibility index (Phi) is 6.18. The molecule has 0 aromatic heterocycles. The van der Waals surface area contributed by atoms with Crippen LogP contribution in [-0.2, 0) is 9.53 Å². The largest absolute Gasteiger partial charge is 0.496 e. The zero-order valence-corrected chi connectivity index (χ0v) is 19.9. The van der Waals surface area contributed by atoms with E-state index >= 15 is 0 Å². The lowest BCUT2D eigenvalue weighted by Gasteiger charge is -2.42. The Morgan fingerprint density at radius 1 is 1.24 bits per heavy atom. The SMILES string of the molecule is COc1ccc(C2NC(=O)N=C3c4ccccc4N(C(=O)CN4CCOCC4)CC32)cc1Br. The van der Waals surface area contributed by atoms with Crippen LogP contribution in [0.3, 0.4) is 0 Å². The van der Waals surface area contributed by atoms with E-state index in [1.165, 1.54) is 0 Å². The fourth-order valence-corrected chi connectivity index (χ4v) is 5.31. The molecule has 3 heterocycles. The van der Waals surface area contributed by atoms with Gasteiger partial charge in [-0.05, 0) is 39.7 Å². The van der Waals surface area contributed by atoms with Crippen molar-refractivity contribution >= 4 is 39.3 Å². The highest BCUT2D eigenvalue weighted by molar-refractivity contribution is 9.10. The van der Waals surface area contributed by atoms with Gasteiger partial charge in [-0.15, -0.1) is 0 Å². The minimum atomic E-state index is -0.374. The zero-order valence-electron chi connectivity index (χ0n) is 18.3. The number of carbonyl (C=O) groups is 2. The first kappa shape index (κ1) is 22.1. The molecule has 2 aromatic rings. The summed E-state index contributed by atoms with van der Waals surface area (Å²) in [6, 6.07) is 12.8. The molecule has 0 spiro atoms. The van der Waals surface area contributed by atoms with Crippen LogP contribution in [0.1, 0.15) is 17.2 Å². The second-order valence-electron chi connectivity index (χ2n) is 8.33. The Bertz CT molecular complexity index is 1120. The Balaban J connectivity index is 1.51. The van der Waals surface area contributed by atoms with E-state index in [-0.39, 0.29) is 23.9 Å². The van der Waals surface area contributed by atoms with E-state index in [4.69, 9.17) is 9.47 Å². The molecule has 3 amide bonds. The molecule has 33 heavy (non-hydrogen) atoms. The normalized spacial score (nSPS) is 22.7. The predicted molar refractivity (Wildman–Crippen MR) is 128 cm³/mol. The minimum absolute atomic E-state index is 0.0370. The smallest absolute Gasteiger partial charge is 0.341 e. The second-order valence-corrected chi connectivity index (χ2v) is 9.19. The number of aliphatic imine (C=N–C) groups is 1. The molecule has 0 radical (unpaired) electrons. The number of amides is 3. The van der Waals surface area contributed by atoms with Gasteiger partial charge in [-0.3, -0.25) is 9.69 Å². The number of morpholine rings is 1. The summed E-state index contributed by atoms with van der Waals surface area (Å²) in [5.74, 6) is 0.576. The quantitative estimate of drug-likeness (QED) is 0.680. The Labute approximate surface area is 200 Å². The van der Waals surface area contributed by atoms with Gasteiger partial charge in [0.1, 0.15) is 5.75 Å². The van der Waals surface area contributed by atoms with Crippen LogP contribution in [-0.4, -0.2) is 69.1 Å². The van der Waals surface area contributed by atoms with Gasteiger partial charge in [-0.1, -0.05) is 24.3 Å². The molecule has 3 aliphatic heterocycles. The Hall–Kier alpha value is -2.75. The molecule has 1 N–H and O–H groups in total. The lowest BCUT2D eigenvalue weighted by atomic mass is 9.81. The lowest BCUT2D eigenvalue weighted by Crippen LogP contribution is -2.53. The Morgan fingerprint density at radius 2 is 2.03 bits per heavy atom. The lowest BCUT2D eigenvalue weighted by molar-refractivity contribution is -0.120. The third-order valence-electron chi connectivity index (χ3n) is 6.40. The van der Waals surface area contributed by atoms with Crippen LogP contribution in [0.25, 0.3) is 0 Å². The number of anilines is 1. The molecule has 8 nitrogen and oxygen atoms in total. The third-order valence-corrected chi connectivity index (χ3v) is 7.02. The van der Waals surface area contributed by atoms with Crippen LogP contribution >= 0.6 is 15.9 Å². The van der Waals surface area contributed by atoms with E-state index in [2.05, 4.69) is 31.1 Å². The molecule has 5 rings (SSSR count). The number of para-hydroxylation sites is 1. The van der Waals surface area contributed by atoms with Crippen molar-refractivity contribution in [1.29, 1.82) is 0 Å². The van der Waals surface area contributed by atoms with Crippen molar-refractivity contribution in [3.8, 4) is 5.75 Å². The maximum Gasteiger partial charge on any atom is 0.341 e. The standard InChI is InChI=1S/C24H25BrN4O4/c1-32-20-7-6-15(12-18(20)25)22-17-13-29(21(30)14-28-8-10-33-11-9-28)19-5-3-2-4-16(19)23(17)27-24(31)26-22/h2-7,12,17,22H,8-11,13-14H2,1H3,(H,26,31). The summed E-state index contributed by atoms with van der Waals surface area (Å²) in [6.07, 6.45) is 0. The van der Waals surface area contributed by atoms with Crippen molar-refractivity contribution in [1.82, 2.24) is 10.2 Å². The van der Waals surface area contributed by atoms with Crippen molar-refractivity contribution in [2.75, 3.05) is 51.4 Å². The van der Waals surface area contributed by atoms with Crippen LogP contribution < -0.4 is 15.0 Å². The molecular weight excluding hydrogens is 488 g/mol. The number of nitrogens with zero attached hydrogens (tertiary/aromatic N) is 3. The summed E-state index contributed by atoms with van der Waals surface area (Å²) >= 11 is 3.55. The van der Waals surface area contributed by atoms with E-state index in [0.717, 1.165) is 40.1 Å². The fraction of sp³-hybridized carbons (Fsp3) is 0.375. The fourth-order valence-electron chi connectivity index (χ4n) is 4.75. The van der Waals surface area contributed by atoms with Crippen LogP contribution in [0.5, 0.6) is 5.75 Å². The average molecular weight is 513 g/mol. The molecule has 2 unspecified atom stereocenters. The maximum absolute atomic E-state index is 13.4. The second kappa shape index (κ2) is 9.24. The molecule has 0 aliphatic carbocycles. The van der Waals surface area contributed by atoms with Gasteiger partial charge < -0.3 is 19.7 Å². The van der Waals surface area contributed by atoms with Crippen molar-refractivity contribution in [2.45, 2.75) is 6.04 Å². The van der Waals surface area contributed by atoms with Gasteiger partial charge in [-0.2, -0.15) is 4.99 Å². The van der Waals surface area contributed by atoms with Crippen molar-refractivity contribution in [3.05, 3.63) is 58.1 Å². The molecule has 1 fully saturated rings. The van der Waals surface area contributed by atoms with Crippen molar-refractivity contribution < 1.29 is 19.1 Å². The number of carbonyl (C=O) groups excluding carboxylic acids is 2. The first-order chi connectivity index (χ1) is 16.0. The van der Waals surface area contributed by atoms with Crippen molar-refractivity contribution in [2.24, 2.45) is 10.9 Å². The van der Waals surface area contributed by atoms with Gasteiger partial charge in [0.25, 0.3) is 0 Å². The Morgan fingerprint density at radius 3 is 2.79 bits per heavy atom. The summed E-state index contributed by atoms with van der Waals surface area (Å²) in [5, 5.41) is 3.02. The molecule has 172 valence electrons. The molecule has 3 aliphatic rings. The summed E-state index contributed by atoms with van der Waals surface area (Å²) < 4.78 is 11.6. The number of hydrogen-bond donors (Lipinski definition) is 1. The molecule has 2 atom stereocenters. The molecule has 0 bridgehead atoms. The first-order valence-electron chi connectivity index (χ1n) is 11.0. The monoisotopic (exact) mass is 512 g/mol. The van der Waals surface area contributed by atoms with Gasteiger partial charge in [0.15, 0.2) is 0 Å². The third kappa shape index (κ3) is 4.28. The van der Waals surface area contributed by atoms with Gasteiger partial charge >= 0.3 is 6.03 Å². The van der Waals surface area contributed by atoms with E-state index in [9.17, 15) is 9.59 Å². The van der Waals surface area contributed by atoms with E-state index in [1.807, 2.05) is 47.4 Å². The average Bonchev–Trinajstić information content (AvgIpc) is 2.83. The number of rotatable bonds is 4. The first-order valence-corrected chi connectivity index (χ1v) is 11.8. The molecule has 0 saturated carbocycles. The summed E-state index contributed by atoms with van der Waals surface area (Å²) in [4.78, 5) is 34.3. The van der Waals surface area contributed by atoms with E-state index < -0.39 is 0 Å². The molecule has 1 saturated heterocycles. The van der Waals surface area contributed by atoms with E-state index in [1.54, 1.807) is 7.11 Å².